The third-order valence-electron chi connectivity index (χ3n) is 3.04. The second kappa shape index (κ2) is 4.62. The molecule has 1 atom stereocenters. The molecule has 0 aromatic rings. The van der Waals surface area contributed by atoms with Crippen LogP contribution in [0.4, 0.5) is 0 Å². The summed E-state index contributed by atoms with van der Waals surface area (Å²) in [5.74, 6) is 0. The summed E-state index contributed by atoms with van der Waals surface area (Å²) in [6.45, 7) is 22.8. The molecule has 0 aromatic heterocycles. The third kappa shape index (κ3) is 3.38. The van der Waals surface area contributed by atoms with Crippen LogP contribution in [0.5, 0.6) is 0 Å². The first-order chi connectivity index (χ1) is 7.31. The Bertz CT molecular complexity index is 348. The van der Waals surface area contributed by atoms with Crippen molar-refractivity contribution >= 4 is 45.3 Å². The molecule has 5 heteroatoms. The van der Waals surface area contributed by atoms with Crippen LogP contribution in [0.15, 0.2) is 0 Å². The SMILES string of the molecule is C[Si](C)(C)C#CP1[Se]C1([Si](C)(C)C)[Si](C)(C)C. The summed E-state index contributed by atoms with van der Waals surface area (Å²) in [4.78, 5) is 0. The van der Waals surface area contributed by atoms with Gasteiger partial charge in [0.2, 0.25) is 0 Å². The maximum absolute atomic E-state index is 3.77. The minimum atomic E-state index is -1.16. The zero-order valence-electron chi connectivity index (χ0n) is 12.9. The van der Waals surface area contributed by atoms with E-state index < -0.39 is 24.2 Å². The Morgan fingerprint density at radius 1 is 0.824 bits per heavy atom. The molecule has 0 spiro atoms. The van der Waals surface area contributed by atoms with Crippen molar-refractivity contribution in [2.24, 2.45) is 0 Å². The normalized spacial score (nSPS) is 23.9. The van der Waals surface area contributed by atoms with Crippen LogP contribution >= 0.6 is 6.61 Å². The van der Waals surface area contributed by atoms with Gasteiger partial charge in [0.25, 0.3) is 0 Å². The van der Waals surface area contributed by atoms with Gasteiger partial charge in [0.05, 0.1) is 0 Å². The Hall–Kier alpha value is 1.16. The Morgan fingerprint density at radius 2 is 1.24 bits per heavy atom. The maximum atomic E-state index is 3.77. The van der Waals surface area contributed by atoms with Gasteiger partial charge < -0.3 is 0 Å². The van der Waals surface area contributed by atoms with Crippen LogP contribution in [-0.4, -0.2) is 42.0 Å². The fourth-order valence-electron chi connectivity index (χ4n) is 2.44. The molecule has 0 radical (unpaired) electrons. The van der Waals surface area contributed by atoms with Gasteiger partial charge in [-0.05, 0) is 0 Å². The molecular weight excluding hydrogens is 338 g/mol. The quantitative estimate of drug-likeness (QED) is 0.387. The predicted molar refractivity (Wildman–Crippen MR) is 93.2 cm³/mol. The Morgan fingerprint density at radius 3 is 1.47 bits per heavy atom. The van der Waals surface area contributed by atoms with Crippen LogP contribution in [0.1, 0.15) is 0 Å². The van der Waals surface area contributed by atoms with Crippen molar-refractivity contribution in [3.8, 4) is 11.2 Å². The van der Waals surface area contributed by atoms with Crippen molar-refractivity contribution in [1.29, 1.82) is 0 Å². The molecule has 0 N–H and O–H groups in total. The Balaban J connectivity index is 3.00. The fourth-order valence-corrected chi connectivity index (χ4v) is 48.0. The summed E-state index contributed by atoms with van der Waals surface area (Å²) >= 11 is 0.879. The van der Waals surface area contributed by atoms with E-state index in [-0.39, 0.29) is 6.61 Å². The van der Waals surface area contributed by atoms with E-state index in [0.29, 0.717) is 0 Å². The Labute approximate surface area is 118 Å². The van der Waals surface area contributed by atoms with Crippen LogP contribution in [0.3, 0.4) is 0 Å². The number of rotatable bonds is 2. The zero-order valence-corrected chi connectivity index (χ0v) is 18.5. The van der Waals surface area contributed by atoms with Gasteiger partial charge in [-0.25, -0.2) is 0 Å². The van der Waals surface area contributed by atoms with E-state index in [2.05, 4.69) is 70.1 Å². The first-order valence-electron chi connectivity index (χ1n) is 6.33. The van der Waals surface area contributed by atoms with Crippen molar-refractivity contribution in [2.45, 2.75) is 62.2 Å². The van der Waals surface area contributed by atoms with Gasteiger partial charge >= 0.3 is 119 Å². The average molecular weight is 366 g/mol. The standard InChI is InChI=1S/C12H27PSeSi3/c1-15(2,3)11-10-13-12(14-13,16(4,5)6)17(7,8)9/h1-9H3. The summed E-state index contributed by atoms with van der Waals surface area (Å²) in [7, 11) is -3.24. The fraction of sp³-hybridized carbons (Fsp3) is 0.833. The molecule has 98 valence electrons. The summed E-state index contributed by atoms with van der Waals surface area (Å²) in [5.41, 5.74) is 7.43. The summed E-state index contributed by atoms with van der Waals surface area (Å²) in [6, 6.07) is 0. The van der Waals surface area contributed by atoms with Crippen molar-refractivity contribution in [1.82, 2.24) is 0 Å². The molecule has 1 saturated heterocycles. The van der Waals surface area contributed by atoms with Gasteiger partial charge in [0.15, 0.2) is 0 Å². The molecule has 1 unspecified atom stereocenters. The van der Waals surface area contributed by atoms with Gasteiger partial charge in [-0.15, -0.1) is 0 Å². The van der Waals surface area contributed by atoms with Crippen molar-refractivity contribution in [3.63, 3.8) is 0 Å². The molecular formula is C12H27PSeSi3. The molecule has 0 nitrogen and oxygen atoms in total. The molecule has 0 aromatic carbocycles. The molecule has 1 rings (SSSR count). The van der Waals surface area contributed by atoms with Crippen LogP contribution in [0, 0.1) is 11.2 Å². The Kier molecular flexibility index (Phi) is 4.40. The van der Waals surface area contributed by atoms with E-state index in [9.17, 15) is 0 Å². The average Bonchev–Trinajstić information content (AvgIpc) is 2.70. The summed E-state index contributed by atoms with van der Waals surface area (Å²) in [5, 5.41) is 0. The first-order valence-corrected chi connectivity index (χ1v) is 21.2. The molecule has 0 saturated carbocycles. The van der Waals surface area contributed by atoms with E-state index in [4.69, 9.17) is 0 Å². The zero-order chi connectivity index (χ0) is 13.7. The van der Waals surface area contributed by atoms with Crippen LogP contribution < -0.4 is 0 Å². The molecule has 17 heavy (non-hydrogen) atoms. The summed E-state index contributed by atoms with van der Waals surface area (Å²) in [6.07, 6.45) is 0. The molecule has 1 fully saturated rings. The van der Waals surface area contributed by atoms with E-state index in [1.807, 2.05) is 0 Å². The van der Waals surface area contributed by atoms with Crippen LogP contribution in [-0.2, 0) is 0 Å². The van der Waals surface area contributed by atoms with Gasteiger partial charge in [-0.2, -0.15) is 0 Å². The van der Waals surface area contributed by atoms with Crippen molar-refractivity contribution in [2.75, 3.05) is 0 Å². The molecule has 0 amide bonds. The first kappa shape index (κ1) is 16.2. The second-order valence-electron chi connectivity index (χ2n) is 8.02. The van der Waals surface area contributed by atoms with E-state index in [0.717, 1.165) is 17.8 Å². The molecule has 0 bridgehead atoms. The molecule has 1 aliphatic rings. The van der Waals surface area contributed by atoms with Crippen LogP contribution in [0.25, 0.3) is 0 Å². The number of hydrogen-bond donors (Lipinski definition) is 0. The molecule has 1 aliphatic heterocycles. The van der Waals surface area contributed by atoms with Gasteiger partial charge in [-0.1, -0.05) is 0 Å². The van der Waals surface area contributed by atoms with Gasteiger partial charge in [0.1, 0.15) is 0 Å². The predicted octanol–water partition coefficient (Wildman–Crippen LogP) is 4.39. The van der Waals surface area contributed by atoms with E-state index >= 15 is 0 Å². The van der Waals surface area contributed by atoms with E-state index in [1.54, 1.807) is 0 Å². The number of hydrogen-bond acceptors (Lipinski definition) is 0. The monoisotopic (exact) mass is 366 g/mol. The topological polar surface area (TPSA) is 0 Å². The van der Waals surface area contributed by atoms with Crippen molar-refractivity contribution < 1.29 is 0 Å². The minimum absolute atomic E-state index is 0.121. The molecule has 0 aliphatic carbocycles. The van der Waals surface area contributed by atoms with Gasteiger partial charge in [-0.3, -0.25) is 0 Å². The summed E-state index contributed by atoms with van der Waals surface area (Å²) < 4.78 is 0.814. The molecule has 1 heterocycles. The van der Waals surface area contributed by atoms with Crippen molar-refractivity contribution in [3.05, 3.63) is 0 Å². The van der Waals surface area contributed by atoms with E-state index in [1.165, 1.54) is 0 Å². The third-order valence-corrected chi connectivity index (χ3v) is 37.2. The van der Waals surface area contributed by atoms with Gasteiger partial charge in [0, 0.05) is 0 Å². The second-order valence-corrected chi connectivity index (χ2v) is 33.3. The van der Waals surface area contributed by atoms with Crippen LogP contribution in [0.2, 0.25) is 58.9 Å².